The van der Waals surface area contributed by atoms with Gasteiger partial charge in [0.05, 0.1) is 18.3 Å². The van der Waals surface area contributed by atoms with Crippen LogP contribution in [-0.4, -0.2) is 21.0 Å². The van der Waals surface area contributed by atoms with Crippen LogP contribution in [0.15, 0.2) is 42.9 Å². The molecule has 1 heterocycles. The zero-order valence-electron chi connectivity index (χ0n) is 8.50. The summed E-state index contributed by atoms with van der Waals surface area (Å²) in [5, 5.41) is 8.63. The van der Waals surface area contributed by atoms with Crippen LogP contribution in [0.1, 0.15) is 5.56 Å². The second-order valence-electron chi connectivity index (χ2n) is 3.36. The summed E-state index contributed by atoms with van der Waals surface area (Å²) < 4.78 is 0. The molecule has 0 saturated carbocycles. The van der Waals surface area contributed by atoms with Gasteiger partial charge in [-0.3, -0.25) is 14.8 Å². The van der Waals surface area contributed by atoms with Gasteiger partial charge in [-0.05, 0) is 5.56 Å². The first-order chi connectivity index (χ1) is 7.75. The number of hydrogen-bond acceptors (Lipinski definition) is 3. The molecule has 0 aliphatic carbocycles. The van der Waals surface area contributed by atoms with Gasteiger partial charge in [-0.1, -0.05) is 24.3 Å². The van der Waals surface area contributed by atoms with Crippen LogP contribution in [-0.2, 0) is 11.2 Å². The SMILES string of the molecule is O=C(O)Cc1ccc(-c2cnccn2)cc1. The van der Waals surface area contributed by atoms with Gasteiger partial charge in [-0.2, -0.15) is 0 Å². The van der Waals surface area contributed by atoms with Gasteiger partial charge in [0.1, 0.15) is 0 Å². The van der Waals surface area contributed by atoms with Crippen LogP contribution in [0.3, 0.4) is 0 Å². The van der Waals surface area contributed by atoms with Gasteiger partial charge >= 0.3 is 5.97 Å². The highest BCUT2D eigenvalue weighted by Gasteiger charge is 2.02. The van der Waals surface area contributed by atoms with Crippen LogP contribution in [0.2, 0.25) is 0 Å². The molecule has 16 heavy (non-hydrogen) atoms. The molecule has 0 radical (unpaired) electrons. The average molecular weight is 214 g/mol. The Kier molecular flexibility index (Phi) is 2.91. The maximum absolute atomic E-state index is 10.5. The lowest BCUT2D eigenvalue weighted by molar-refractivity contribution is -0.136. The highest BCUT2D eigenvalue weighted by Crippen LogP contribution is 2.16. The Morgan fingerprint density at radius 1 is 1.19 bits per heavy atom. The number of carboxylic acid groups (broad SMARTS) is 1. The van der Waals surface area contributed by atoms with Gasteiger partial charge in [-0.25, -0.2) is 0 Å². The Morgan fingerprint density at radius 2 is 1.94 bits per heavy atom. The summed E-state index contributed by atoms with van der Waals surface area (Å²) in [7, 11) is 0. The minimum Gasteiger partial charge on any atom is -0.481 e. The van der Waals surface area contributed by atoms with E-state index < -0.39 is 5.97 Å². The fraction of sp³-hybridized carbons (Fsp3) is 0.0833. The van der Waals surface area contributed by atoms with Crippen molar-refractivity contribution >= 4 is 5.97 Å². The van der Waals surface area contributed by atoms with E-state index in [1.165, 1.54) is 0 Å². The molecule has 0 amide bonds. The summed E-state index contributed by atoms with van der Waals surface area (Å²) in [5.74, 6) is -0.827. The largest absolute Gasteiger partial charge is 0.481 e. The molecule has 80 valence electrons. The molecule has 1 aromatic heterocycles. The third-order valence-electron chi connectivity index (χ3n) is 2.17. The smallest absolute Gasteiger partial charge is 0.307 e. The van der Waals surface area contributed by atoms with E-state index in [2.05, 4.69) is 9.97 Å². The van der Waals surface area contributed by atoms with Crippen molar-refractivity contribution in [2.45, 2.75) is 6.42 Å². The highest BCUT2D eigenvalue weighted by molar-refractivity contribution is 5.70. The molecule has 1 N–H and O–H groups in total. The minimum absolute atomic E-state index is 0.0424. The Hall–Kier alpha value is -2.23. The fourth-order valence-electron chi connectivity index (χ4n) is 1.42. The minimum atomic E-state index is -0.827. The van der Waals surface area contributed by atoms with Crippen LogP contribution in [0.5, 0.6) is 0 Å². The Balaban J connectivity index is 2.23. The van der Waals surface area contributed by atoms with Crippen molar-refractivity contribution in [3.63, 3.8) is 0 Å². The first-order valence-electron chi connectivity index (χ1n) is 4.83. The molecular weight excluding hydrogens is 204 g/mol. The van der Waals surface area contributed by atoms with E-state index in [1.54, 1.807) is 30.7 Å². The third-order valence-corrected chi connectivity index (χ3v) is 2.17. The lowest BCUT2D eigenvalue weighted by atomic mass is 10.1. The molecule has 4 nitrogen and oxygen atoms in total. The van der Waals surface area contributed by atoms with E-state index in [4.69, 9.17) is 5.11 Å². The Labute approximate surface area is 92.6 Å². The molecule has 0 spiro atoms. The van der Waals surface area contributed by atoms with E-state index in [0.29, 0.717) is 0 Å². The molecule has 0 fully saturated rings. The summed E-state index contributed by atoms with van der Waals surface area (Å²) in [5.41, 5.74) is 2.49. The van der Waals surface area contributed by atoms with Crippen LogP contribution < -0.4 is 0 Å². The average Bonchev–Trinajstić information content (AvgIpc) is 2.30. The van der Waals surface area contributed by atoms with Crippen LogP contribution in [0.25, 0.3) is 11.3 Å². The first kappa shape index (κ1) is 10.3. The van der Waals surface area contributed by atoms with Crippen LogP contribution in [0.4, 0.5) is 0 Å². The number of benzene rings is 1. The van der Waals surface area contributed by atoms with Gasteiger partial charge in [-0.15, -0.1) is 0 Å². The molecule has 0 atom stereocenters. The molecule has 2 rings (SSSR count). The fourth-order valence-corrected chi connectivity index (χ4v) is 1.42. The molecule has 4 heteroatoms. The van der Waals surface area contributed by atoms with E-state index in [0.717, 1.165) is 16.8 Å². The highest BCUT2D eigenvalue weighted by atomic mass is 16.4. The van der Waals surface area contributed by atoms with Crippen molar-refractivity contribution < 1.29 is 9.90 Å². The Morgan fingerprint density at radius 3 is 2.50 bits per heavy atom. The molecule has 0 saturated heterocycles. The van der Waals surface area contributed by atoms with E-state index in [9.17, 15) is 4.79 Å². The van der Waals surface area contributed by atoms with Crippen LogP contribution >= 0.6 is 0 Å². The summed E-state index contributed by atoms with van der Waals surface area (Å²) in [4.78, 5) is 18.6. The van der Waals surface area contributed by atoms with Crippen LogP contribution in [0, 0.1) is 0 Å². The number of hydrogen-bond donors (Lipinski definition) is 1. The molecule has 0 unspecified atom stereocenters. The van der Waals surface area contributed by atoms with Gasteiger partial charge in [0.2, 0.25) is 0 Å². The summed E-state index contributed by atoms with van der Waals surface area (Å²) in [6.45, 7) is 0. The zero-order chi connectivity index (χ0) is 11.4. The second kappa shape index (κ2) is 4.53. The van der Waals surface area contributed by atoms with Crippen molar-refractivity contribution in [1.29, 1.82) is 0 Å². The van der Waals surface area contributed by atoms with Gasteiger partial charge in [0.15, 0.2) is 0 Å². The number of nitrogens with zero attached hydrogens (tertiary/aromatic N) is 2. The normalized spacial score (nSPS) is 10.0. The summed E-state index contributed by atoms with van der Waals surface area (Å²) in [6.07, 6.45) is 4.95. The van der Waals surface area contributed by atoms with Gasteiger partial charge < -0.3 is 5.11 Å². The van der Waals surface area contributed by atoms with Crippen molar-refractivity contribution in [2.75, 3.05) is 0 Å². The number of rotatable bonds is 3. The predicted octanol–water partition coefficient (Wildman–Crippen LogP) is 1.77. The number of carboxylic acids is 1. The molecule has 0 aliphatic rings. The number of carbonyl (C=O) groups is 1. The number of aliphatic carboxylic acids is 1. The maximum atomic E-state index is 10.5. The van der Waals surface area contributed by atoms with Crippen molar-refractivity contribution in [2.24, 2.45) is 0 Å². The monoisotopic (exact) mass is 214 g/mol. The number of aromatic nitrogens is 2. The third kappa shape index (κ3) is 2.42. The molecule has 2 aromatic rings. The van der Waals surface area contributed by atoms with Crippen molar-refractivity contribution in [3.05, 3.63) is 48.4 Å². The molecule has 0 bridgehead atoms. The summed E-state index contributed by atoms with van der Waals surface area (Å²) >= 11 is 0. The lowest BCUT2D eigenvalue weighted by Gasteiger charge is -2.01. The second-order valence-corrected chi connectivity index (χ2v) is 3.36. The molecule has 0 aliphatic heterocycles. The van der Waals surface area contributed by atoms with E-state index in [1.807, 2.05) is 12.1 Å². The molecular formula is C12H10N2O2. The van der Waals surface area contributed by atoms with Crippen molar-refractivity contribution in [1.82, 2.24) is 9.97 Å². The quantitative estimate of drug-likeness (QED) is 0.845. The van der Waals surface area contributed by atoms with Crippen molar-refractivity contribution in [3.8, 4) is 11.3 Å². The Bertz CT molecular complexity index is 480. The first-order valence-corrected chi connectivity index (χ1v) is 4.83. The maximum Gasteiger partial charge on any atom is 0.307 e. The summed E-state index contributed by atoms with van der Waals surface area (Å²) in [6, 6.07) is 7.28. The topological polar surface area (TPSA) is 63.1 Å². The standard InChI is InChI=1S/C12H10N2O2/c15-12(16)7-9-1-3-10(4-2-9)11-8-13-5-6-14-11/h1-6,8H,7H2,(H,15,16). The van der Waals surface area contributed by atoms with Gasteiger partial charge in [0, 0.05) is 18.0 Å². The van der Waals surface area contributed by atoms with E-state index >= 15 is 0 Å². The lowest BCUT2D eigenvalue weighted by Crippen LogP contribution is -1.99. The van der Waals surface area contributed by atoms with E-state index in [-0.39, 0.29) is 6.42 Å². The zero-order valence-corrected chi connectivity index (χ0v) is 8.50. The van der Waals surface area contributed by atoms with Gasteiger partial charge in [0.25, 0.3) is 0 Å². The molecule has 1 aromatic carbocycles. The predicted molar refractivity (Wildman–Crippen MR) is 58.8 cm³/mol.